The van der Waals surface area contributed by atoms with E-state index in [2.05, 4.69) is 10.6 Å². The van der Waals surface area contributed by atoms with Gasteiger partial charge in [0.2, 0.25) is 11.8 Å². The molecule has 0 aliphatic carbocycles. The Morgan fingerprint density at radius 3 is 2.58 bits per heavy atom. The lowest BCUT2D eigenvalue weighted by Crippen LogP contribution is -2.53. The summed E-state index contributed by atoms with van der Waals surface area (Å²) in [4.78, 5) is 37.2. The minimum absolute atomic E-state index is 0.153. The fourth-order valence-electron chi connectivity index (χ4n) is 3.14. The molecule has 1 aromatic rings. The van der Waals surface area contributed by atoms with Crippen LogP contribution in [0.4, 0.5) is 5.69 Å². The van der Waals surface area contributed by atoms with Crippen LogP contribution >= 0.6 is 0 Å². The minimum atomic E-state index is -1.18. The van der Waals surface area contributed by atoms with Gasteiger partial charge in [0.15, 0.2) is 6.23 Å². The standard InChI is InChI=1S/C17H21N3O4/c1-17(2,3)19-9-4-5-10-11(8-9)16(24)20(15(10)23)12-6-7-13(21)18-14(12)22/h4-5,8,12,15,19,23H,6-7H2,1-3H3,(H,18,21,22). The smallest absolute Gasteiger partial charge is 0.257 e. The van der Waals surface area contributed by atoms with Crippen molar-refractivity contribution in [3.63, 3.8) is 0 Å². The highest BCUT2D eigenvalue weighted by Gasteiger charge is 2.44. The summed E-state index contributed by atoms with van der Waals surface area (Å²) in [7, 11) is 0. The predicted molar refractivity (Wildman–Crippen MR) is 87.1 cm³/mol. The molecule has 3 amide bonds. The number of benzene rings is 1. The van der Waals surface area contributed by atoms with E-state index in [0.29, 0.717) is 11.1 Å². The van der Waals surface area contributed by atoms with Gasteiger partial charge in [0.25, 0.3) is 5.91 Å². The summed E-state index contributed by atoms with van der Waals surface area (Å²) in [6.07, 6.45) is -0.811. The second-order valence-electron chi connectivity index (χ2n) is 7.23. The van der Waals surface area contributed by atoms with Gasteiger partial charge in [0, 0.05) is 28.8 Å². The Balaban J connectivity index is 1.89. The van der Waals surface area contributed by atoms with Gasteiger partial charge in [0.05, 0.1) is 0 Å². The van der Waals surface area contributed by atoms with Crippen molar-refractivity contribution < 1.29 is 19.5 Å². The SMILES string of the molecule is CC(C)(C)Nc1ccc2c(c1)C(=O)N(C1CCC(=O)NC1=O)C2O. The molecule has 2 unspecified atom stereocenters. The summed E-state index contributed by atoms with van der Waals surface area (Å²) in [5.74, 6) is -1.30. The summed E-state index contributed by atoms with van der Waals surface area (Å²) in [6.45, 7) is 6.02. The van der Waals surface area contributed by atoms with Gasteiger partial charge in [-0.1, -0.05) is 6.07 Å². The lowest BCUT2D eigenvalue weighted by molar-refractivity contribution is -0.139. The van der Waals surface area contributed by atoms with E-state index in [-0.39, 0.29) is 24.3 Å². The first kappa shape index (κ1) is 16.4. The van der Waals surface area contributed by atoms with Crippen LogP contribution in [0.3, 0.4) is 0 Å². The molecule has 0 spiro atoms. The molecule has 128 valence electrons. The van der Waals surface area contributed by atoms with Crippen molar-refractivity contribution in [3.8, 4) is 0 Å². The Bertz CT molecular complexity index is 723. The van der Waals surface area contributed by atoms with Gasteiger partial charge in [-0.15, -0.1) is 0 Å². The average molecular weight is 331 g/mol. The normalized spacial score (nSPS) is 24.0. The van der Waals surface area contributed by atoms with Crippen LogP contribution in [0, 0.1) is 0 Å². The van der Waals surface area contributed by atoms with E-state index >= 15 is 0 Å². The fraction of sp³-hybridized carbons (Fsp3) is 0.471. The molecular formula is C17H21N3O4. The quantitative estimate of drug-likeness (QED) is 0.706. The second-order valence-corrected chi connectivity index (χ2v) is 7.23. The van der Waals surface area contributed by atoms with Crippen molar-refractivity contribution >= 4 is 23.4 Å². The number of nitrogens with one attached hydrogen (secondary N) is 2. The molecule has 0 aromatic heterocycles. The maximum atomic E-state index is 12.7. The van der Waals surface area contributed by atoms with Crippen LogP contribution in [0.1, 0.15) is 55.8 Å². The van der Waals surface area contributed by atoms with Crippen molar-refractivity contribution in [2.24, 2.45) is 0 Å². The zero-order valence-corrected chi connectivity index (χ0v) is 13.9. The molecule has 0 saturated carbocycles. The van der Waals surface area contributed by atoms with Crippen LogP contribution in [0.25, 0.3) is 0 Å². The van der Waals surface area contributed by atoms with Gasteiger partial charge in [-0.25, -0.2) is 0 Å². The molecule has 7 heteroatoms. The summed E-state index contributed by atoms with van der Waals surface area (Å²) < 4.78 is 0. The monoisotopic (exact) mass is 331 g/mol. The maximum Gasteiger partial charge on any atom is 0.257 e. The molecule has 7 nitrogen and oxygen atoms in total. The van der Waals surface area contributed by atoms with Crippen molar-refractivity contribution in [1.29, 1.82) is 0 Å². The first-order valence-electron chi connectivity index (χ1n) is 7.94. The van der Waals surface area contributed by atoms with Crippen LogP contribution in [0.5, 0.6) is 0 Å². The van der Waals surface area contributed by atoms with E-state index in [1.54, 1.807) is 18.2 Å². The highest BCUT2D eigenvalue weighted by Crippen LogP contribution is 2.36. The number of fused-ring (bicyclic) bond motifs is 1. The van der Waals surface area contributed by atoms with Gasteiger partial charge < -0.3 is 10.4 Å². The number of anilines is 1. The molecule has 3 N–H and O–H groups in total. The zero-order chi connectivity index (χ0) is 17.6. The Morgan fingerprint density at radius 2 is 1.96 bits per heavy atom. The fourth-order valence-corrected chi connectivity index (χ4v) is 3.14. The molecule has 2 aliphatic rings. The summed E-state index contributed by atoms with van der Waals surface area (Å²) in [5.41, 5.74) is 1.45. The number of aliphatic hydroxyl groups is 1. The van der Waals surface area contributed by atoms with E-state index in [9.17, 15) is 19.5 Å². The van der Waals surface area contributed by atoms with Gasteiger partial charge in [-0.2, -0.15) is 0 Å². The molecule has 24 heavy (non-hydrogen) atoms. The molecular weight excluding hydrogens is 310 g/mol. The molecule has 2 aliphatic heterocycles. The number of hydrogen-bond donors (Lipinski definition) is 3. The largest absolute Gasteiger partial charge is 0.380 e. The Morgan fingerprint density at radius 1 is 1.25 bits per heavy atom. The average Bonchev–Trinajstić information content (AvgIpc) is 2.70. The highest BCUT2D eigenvalue weighted by atomic mass is 16.3. The van der Waals surface area contributed by atoms with E-state index < -0.39 is 24.1 Å². The summed E-state index contributed by atoms with van der Waals surface area (Å²) in [6, 6.07) is 4.35. The first-order valence-corrected chi connectivity index (χ1v) is 7.94. The first-order chi connectivity index (χ1) is 11.2. The van der Waals surface area contributed by atoms with E-state index in [4.69, 9.17) is 0 Å². The number of imide groups is 1. The Hall–Kier alpha value is -2.41. The Kier molecular flexibility index (Phi) is 3.83. The molecule has 0 radical (unpaired) electrons. The van der Waals surface area contributed by atoms with Gasteiger partial charge in [-0.3, -0.25) is 24.6 Å². The minimum Gasteiger partial charge on any atom is -0.380 e. The molecule has 1 aromatic carbocycles. The van der Waals surface area contributed by atoms with Crippen molar-refractivity contribution in [2.75, 3.05) is 5.32 Å². The maximum absolute atomic E-state index is 12.7. The highest BCUT2D eigenvalue weighted by molar-refractivity contribution is 6.06. The lowest BCUT2D eigenvalue weighted by Gasteiger charge is -2.31. The van der Waals surface area contributed by atoms with Gasteiger partial charge in [0.1, 0.15) is 6.04 Å². The van der Waals surface area contributed by atoms with Crippen molar-refractivity contribution in [2.45, 2.75) is 51.4 Å². The number of nitrogens with zero attached hydrogens (tertiary/aromatic N) is 1. The summed E-state index contributed by atoms with van der Waals surface area (Å²) in [5, 5.41) is 16.0. The zero-order valence-electron chi connectivity index (χ0n) is 13.9. The predicted octanol–water partition coefficient (Wildman–Crippen LogP) is 1.15. The van der Waals surface area contributed by atoms with Crippen LogP contribution < -0.4 is 10.6 Å². The van der Waals surface area contributed by atoms with E-state index in [1.807, 2.05) is 20.8 Å². The van der Waals surface area contributed by atoms with E-state index in [0.717, 1.165) is 10.6 Å². The van der Waals surface area contributed by atoms with Gasteiger partial charge in [-0.05, 0) is 39.3 Å². The van der Waals surface area contributed by atoms with Gasteiger partial charge >= 0.3 is 0 Å². The third-order valence-corrected chi connectivity index (χ3v) is 4.13. The molecule has 1 saturated heterocycles. The number of hydrogen-bond acceptors (Lipinski definition) is 5. The van der Waals surface area contributed by atoms with Crippen LogP contribution in [0.15, 0.2) is 18.2 Å². The van der Waals surface area contributed by atoms with Crippen molar-refractivity contribution in [3.05, 3.63) is 29.3 Å². The number of rotatable bonds is 2. The lowest BCUT2D eigenvalue weighted by atomic mass is 10.0. The molecule has 0 bridgehead atoms. The second kappa shape index (κ2) is 5.59. The Labute approximate surface area is 140 Å². The number of carbonyl (C=O) groups excluding carboxylic acids is 3. The summed E-state index contributed by atoms with van der Waals surface area (Å²) >= 11 is 0. The number of aliphatic hydroxyl groups excluding tert-OH is 1. The van der Waals surface area contributed by atoms with E-state index in [1.165, 1.54) is 0 Å². The third kappa shape index (κ3) is 2.87. The number of piperidine rings is 1. The molecule has 2 heterocycles. The third-order valence-electron chi connectivity index (χ3n) is 4.13. The molecule has 1 fully saturated rings. The van der Waals surface area contributed by atoms with Crippen LogP contribution in [0.2, 0.25) is 0 Å². The number of carbonyl (C=O) groups is 3. The molecule has 3 rings (SSSR count). The van der Waals surface area contributed by atoms with Crippen LogP contribution in [-0.2, 0) is 9.59 Å². The molecule has 2 atom stereocenters. The van der Waals surface area contributed by atoms with Crippen molar-refractivity contribution in [1.82, 2.24) is 10.2 Å². The van der Waals surface area contributed by atoms with Crippen LogP contribution in [-0.4, -0.2) is 39.3 Å². The number of amides is 3. The topological polar surface area (TPSA) is 98.7 Å².